The number of carbonyl (C=O) groups is 1. The van der Waals surface area contributed by atoms with Crippen LogP contribution in [0.2, 0.25) is 0 Å². The average Bonchev–Trinajstić information content (AvgIpc) is 3.22. The van der Waals surface area contributed by atoms with Gasteiger partial charge >= 0.3 is 0 Å². The van der Waals surface area contributed by atoms with Crippen molar-refractivity contribution >= 4 is 39.2 Å². The Bertz CT molecular complexity index is 1150. The number of hydrogen-bond donors (Lipinski definition) is 1. The largest absolute Gasteiger partial charge is 0.748 e. The average molecular weight is 445 g/mol. The highest BCUT2D eigenvalue weighted by Gasteiger charge is 2.28. The van der Waals surface area contributed by atoms with Gasteiger partial charge in [0.25, 0.3) is 5.91 Å². The highest BCUT2D eigenvalue weighted by molar-refractivity contribution is 8.03. The number of carbonyl (C=O) groups excluding carboxylic acids is 1. The molecule has 1 N–H and O–H groups in total. The number of hydrogen-bond acceptors (Lipinski definition) is 8. The zero-order valence-corrected chi connectivity index (χ0v) is 17.6. The third-order valence-corrected chi connectivity index (χ3v) is 6.21. The Hall–Kier alpha value is -3.07. The first-order valence-electron chi connectivity index (χ1n) is 8.88. The molecule has 1 aromatic carbocycles. The Kier molecular flexibility index (Phi) is 6.61. The van der Waals surface area contributed by atoms with E-state index in [9.17, 15) is 23.0 Å². The lowest BCUT2D eigenvalue weighted by atomic mass is 10.2. The van der Waals surface area contributed by atoms with E-state index in [2.05, 4.69) is 10.4 Å². The first-order chi connectivity index (χ1) is 14.3. The molecule has 1 aliphatic rings. The molecule has 0 saturated carbocycles. The minimum absolute atomic E-state index is 0.0804. The van der Waals surface area contributed by atoms with Crippen LogP contribution in [0.1, 0.15) is 6.42 Å². The molecule has 2 heterocycles. The number of nitrogens with one attached hydrogen (secondary N) is 1. The van der Waals surface area contributed by atoms with Gasteiger partial charge in [0.05, 0.1) is 27.0 Å². The fourth-order valence-corrected chi connectivity index (χ4v) is 4.35. The number of benzene rings is 1. The summed E-state index contributed by atoms with van der Waals surface area (Å²) >= 11 is 1.38. The molecule has 0 fully saturated rings. The van der Waals surface area contributed by atoms with Crippen LogP contribution < -0.4 is 10.2 Å². The van der Waals surface area contributed by atoms with Crippen molar-refractivity contribution in [2.75, 3.05) is 22.5 Å². The van der Waals surface area contributed by atoms with E-state index in [0.717, 1.165) is 10.7 Å². The van der Waals surface area contributed by atoms with Crippen LogP contribution in [-0.4, -0.2) is 41.0 Å². The van der Waals surface area contributed by atoms with Crippen molar-refractivity contribution in [1.82, 2.24) is 9.78 Å². The number of thioether (sulfide) groups is 1. The molecule has 1 amide bonds. The highest BCUT2D eigenvalue weighted by Crippen LogP contribution is 2.45. The van der Waals surface area contributed by atoms with Gasteiger partial charge in [0.2, 0.25) is 0 Å². The number of nitrogens with zero attached hydrogens (tertiary/aromatic N) is 4. The van der Waals surface area contributed by atoms with Gasteiger partial charge in [-0.1, -0.05) is 30.0 Å². The molecule has 11 heteroatoms. The lowest BCUT2D eigenvalue weighted by Crippen LogP contribution is -2.21. The minimum Gasteiger partial charge on any atom is -0.748 e. The summed E-state index contributed by atoms with van der Waals surface area (Å²) in [6.07, 6.45) is 4.82. The summed E-state index contributed by atoms with van der Waals surface area (Å²) < 4.78 is 34.4. The summed E-state index contributed by atoms with van der Waals surface area (Å²) in [5.74, 6) is -1.01. The maximum absolute atomic E-state index is 12.4. The molecule has 3 rings (SSSR count). The highest BCUT2D eigenvalue weighted by atomic mass is 32.2. The number of fused-ring (bicyclic) bond motifs is 1. The van der Waals surface area contributed by atoms with Crippen LogP contribution in [0.4, 0.5) is 11.4 Å². The second-order valence-electron chi connectivity index (χ2n) is 6.34. The van der Waals surface area contributed by atoms with Crippen molar-refractivity contribution in [3.8, 4) is 6.07 Å². The molecule has 30 heavy (non-hydrogen) atoms. The van der Waals surface area contributed by atoms with Gasteiger partial charge in [0, 0.05) is 25.0 Å². The smallest absolute Gasteiger partial charge is 0.266 e. The van der Waals surface area contributed by atoms with Crippen molar-refractivity contribution in [2.24, 2.45) is 7.05 Å². The first kappa shape index (κ1) is 21.6. The van der Waals surface area contributed by atoms with Crippen molar-refractivity contribution in [1.29, 1.82) is 5.26 Å². The summed E-state index contributed by atoms with van der Waals surface area (Å²) in [5.41, 5.74) is 1.27. The molecule has 156 valence electrons. The Labute approximate surface area is 178 Å². The van der Waals surface area contributed by atoms with E-state index in [0.29, 0.717) is 10.7 Å². The molecule has 9 nitrogen and oxygen atoms in total. The summed E-state index contributed by atoms with van der Waals surface area (Å²) in [4.78, 5) is 14.2. The SMILES string of the molecule is Cn1ncc2c1S/C(=C\C=C(\C#N)C(=O)Nc1ccccc1)N2CCCS(=O)(=O)[O-]. The van der Waals surface area contributed by atoms with Crippen LogP contribution in [0.3, 0.4) is 0 Å². The Morgan fingerprint density at radius 3 is 2.77 bits per heavy atom. The monoisotopic (exact) mass is 444 g/mol. The number of rotatable bonds is 7. The topological polar surface area (TPSA) is 131 Å². The molecular weight excluding hydrogens is 426 g/mol. The third kappa shape index (κ3) is 5.29. The summed E-state index contributed by atoms with van der Waals surface area (Å²) in [7, 11) is -2.53. The van der Waals surface area contributed by atoms with Crippen molar-refractivity contribution in [2.45, 2.75) is 11.4 Å². The predicted octanol–water partition coefficient (Wildman–Crippen LogP) is 2.20. The number of nitriles is 1. The standard InChI is InChI=1S/C19H19N5O4S2/c1-23-19-16(13-21-23)24(10-5-11-30(26,27)28)17(29-19)9-8-14(12-20)18(25)22-15-6-3-2-4-7-15/h2-4,6-9,13H,5,10-11H2,1H3,(H,22,25)(H,26,27,28)/p-1/b14-8-,17-9-. The van der Waals surface area contributed by atoms with E-state index in [1.54, 1.807) is 48.3 Å². The van der Waals surface area contributed by atoms with Gasteiger partial charge < -0.3 is 14.8 Å². The number of para-hydroxylation sites is 1. The van der Waals surface area contributed by atoms with Crippen LogP contribution in [-0.2, 0) is 22.0 Å². The number of amides is 1. The zero-order chi connectivity index (χ0) is 21.7. The van der Waals surface area contributed by atoms with Gasteiger partial charge in [-0.2, -0.15) is 10.4 Å². The molecule has 0 radical (unpaired) electrons. The second-order valence-corrected chi connectivity index (χ2v) is 8.88. The summed E-state index contributed by atoms with van der Waals surface area (Å²) in [6, 6.07) is 10.7. The Morgan fingerprint density at radius 1 is 1.37 bits per heavy atom. The number of allylic oxidation sites excluding steroid dienone is 2. The lowest BCUT2D eigenvalue weighted by molar-refractivity contribution is -0.112. The van der Waals surface area contributed by atoms with E-state index in [1.807, 2.05) is 17.0 Å². The summed E-state index contributed by atoms with van der Waals surface area (Å²) in [6.45, 7) is 0.283. The fourth-order valence-electron chi connectivity index (χ4n) is 2.78. The molecule has 0 spiro atoms. The zero-order valence-electron chi connectivity index (χ0n) is 16.0. The lowest BCUT2D eigenvalue weighted by Gasteiger charge is -2.19. The van der Waals surface area contributed by atoms with Gasteiger partial charge in [-0.05, 0) is 30.7 Å². The quantitative estimate of drug-likeness (QED) is 0.391. The molecular formula is C19H18N5O4S2-. The third-order valence-electron chi connectivity index (χ3n) is 4.19. The van der Waals surface area contributed by atoms with Gasteiger partial charge in [0.15, 0.2) is 0 Å². The fraction of sp³-hybridized carbons (Fsp3) is 0.211. The molecule has 1 aromatic heterocycles. The molecule has 0 bridgehead atoms. The molecule has 0 atom stereocenters. The van der Waals surface area contributed by atoms with Crippen molar-refractivity contribution < 1.29 is 17.8 Å². The van der Waals surface area contributed by atoms with Crippen molar-refractivity contribution in [3.05, 3.63) is 59.3 Å². The van der Waals surface area contributed by atoms with Gasteiger partial charge in [0.1, 0.15) is 16.7 Å². The molecule has 0 aliphatic carbocycles. The van der Waals surface area contributed by atoms with Crippen LogP contribution in [0, 0.1) is 11.3 Å². The molecule has 0 unspecified atom stereocenters. The van der Waals surface area contributed by atoms with Crippen molar-refractivity contribution in [3.63, 3.8) is 0 Å². The van der Waals surface area contributed by atoms with E-state index in [-0.39, 0.29) is 18.5 Å². The van der Waals surface area contributed by atoms with Crippen LogP contribution >= 0.6 is 11.8 Å². The molecule has 0 saturated heterocycles. The molecule has 1 aliphatic heterocycles. The Morgan fingerprint density at radius 2 is 2.10 bits per heavy atom. The maximum atomic E-state index is 12.4. The number of aromatic nitrogens is 2. The van der Waals surface area contributed by atoms with Crippen LogP contribution in [0.15, 0.2) is 64.3 Å². The van der Waals surface area contributed by atoms with Gasteiger partial charge in [-0.25, -0.2) is 8.42 Å². The van der Waals surface area contributed by atoms with Gasteiger partial charge in [-0.3, -0.25) is 9.48 Å². The van der Waals surface area contributed by atoms with E-state index in [1.165, 1.54) is 17.8 Å². The van der Waals surface area contributed by atoms with E-state index >= 15 is 0 Å². The first-order valence-corrected chi connectivity index (χ1v) is 11.3. The minimum atomic E-state index is -4.31. The summed E-state index contributed by atoms with van der Waals surface area (Å²) in [5, 5.41) is 17.8. The Balaban J connectivity index is 1.80. The maximum Gasteiger partial charge on any atom is 0.266 e. The second kappa shape index (κ2) is 9.17. The van der Waals surface area contributed by atoms with E-state index in [4.69, 9.17) is 0 Å². The number of aryl methyl sites for hydroxylation is 1. The molecule has 2 aromatic rings. The van der Waals surface area contributed by atoms with Crippen LogP contribution in [0.25, 0.3) is 0 Å². The predicted molar refractivity (Wildman–Crippen MR) is 112 cm³/mol. The normalized spacial score (nSPS) is 15.2. The van der Waals surface area contributed by atoms with Crippen LogP contribution in [0.5, 0.6) is 0 Å². The number of anilines is 2. The van der Waals surface area contributed by atoms with Gasteiger partial charge in [-0.15, -0.1) is 0 Å². The van der Waals surface area contributed by atoms with E-state index < -0.39 is 21.8 Å².